The number of carbonyl (C=O) groups is 1. The van der Waals surface area contributed by atoms with E-state index in [9.17, 15) is 9.18 Å². The molecule has 0 fully saturated rings. The minimum atomic E-state index is -0.427. The molecule has 6 heteroatoms. The highest BCUT2D eigenvalue weighted by Gasteiger charge is 2.17. The first-order valence-corrected chi connectivity index (χ1v) is 7.13. The normalized spacial score (nSPS) is 13.8. The van der Waals surface area contributed by atoms with E-state index in [1.54, 1.807) is 30.5 Å². The second-order valence-electron chi connectivity index (χ2n) is 4.58. The molecule has 2 aromatic rings. The maximum atomic E-state index is 13.6. The van der Waals surface area contributed by atoms with Crippen LogP contribution in [0.15, 0.2) is 29.6 Å². The van der Waals surface area contributed by atoms with Crippen LogP contribution in [-0.2, 0) is 0 Å². The zero-order valence-electron chi connectivity index (χ0n) is 11.3. The Morgan fingerprint density at radius 1 is 1.40 bits per heavy atom. The standard InChI is InChI=1S/C14H16FN3OS/c1-8(16)14-18-12(7-20-14)13(19)17-9(2)10-5-3-4-6-11(10)15/h3-9H,16H2,1-2H3,(H,17,19). The molecule has 106 valence electrons. The summed E-state index contributed by atoms with van der Waals surface area (Å²) in [6.07, 6.45) is 0. The van der Waals surface area contributed by atoms with Crippen LogP contribution in [0.25, 0.3) is 0 Å². The van der Waals surface area contributed by atoms with E-state index in [0.717, 1.165) is 0 Å². The maximum Gasteiger partial charge on any atom is 0.271 e. The summed E-state index contributed by atoms with van der Waals surface area (Å²) in [4.78, 5) is 16.2. The zero-order chi connectivity index (χ0) is 14.7. The predicted molar refractivity (Wildman–Crippen MR) is 77.0 cm³/mol. The van der Waals surface area contributed by atoms with E-state index in [0.29, 0.717) is 16.3 Å². The van der Waals surface area contributed by atoms with Crippen LogP contribution in [0.5, 0.6) is 0 Å². The first-order valence-electron chi connectivity index (χ1n) is 6.25. The largest absolute Gasteiger partial charge is 0.344 e. The number of halogens is 1. The third-order valence-corrected chi connectivity index (χ3v) is 3.91. The highest BCUT2D eigenvalue weighted by Crippen LogP contribution is 2.19. The van der Waals surface area contributed by atoms with Crippen LogP contribution in [0.3, 0.4) is 0 Å². The Morgan fingerprint density at radius 2 is 2.10 bits per heavy atom. The quantitative estimate of drug-likeness (QED) is 0.910. The number of nitrogens with zero attached hydrogens (tertiary/aromatic N) is 1. The van der Waals surface area contributed by atoms with Crippen molar-refractivity contribution in [1.82, 2.24) is 10.3 Å². The zero-order valence-corrected chi connectivity index (χ0v) is 12.1. The molecule has 2 rings (SSSR count). The molecule has 3 N–H and O–H groups in total. The molecule has 0 saturated carbocycles. The van der Waals surface area contributed by atoms with Crippen molar-refractivity contribution in [3.8, 4) is 0 Å². The van der Waals surface area contributed by atoms with Crippen LogP contribution in [-0.4, -0.2) is 10.9 Å². The highest BCUT2D eigenvalue weighted by atomic mass is 32.1. The average molecular weight is 293 g/mol. The summed E-state index contributed by atoms with van der Waals surface area (Å²) in [6, 6.07) is 5.74. The second-order valence-corrected chi connectivity index (χ2v) is 5.47. The van der Waals surface area contributed by atoms with Gasteiger partial charge < -0.3 is 11.1 Å². The molecular formula is C14H16FN3OS. The highest BCUT2D eigenvalue weighted by molar-refractivity contribution is 7.09. The number of carbonyl (C=O) groups excluding carboxylic acids is 1. The molecule has 0 saturated heterocycles. The van der Waals surface area contributed by atoms with Crippen molar-refractivity contribution in [3.63, 3.8) is 0 Å². The van der Waals surface area contributed by atoms with E-state index in [2.05, 4.69) is 10.3 Å². The number of hydrogen-bond donors (Lipinski definition) is 2. The molecule has 20 heavy (non-hydrogen) atoms. The van der Waals surface area contributed by atoms with Gasteiger partial charge in [0, 0.05) is 10.9 Å². The molecule has 0 aliphatic heterocycles. The van der Waals surface area contributed by atoms with E-state index in [1.165, 1.54) is 17.4 Å². The van der Waals surface area contributed by atoms with Crippen molar-refractivity contribution in [1.29, 1.82) is 0 Å². The predicted octanol–water partition coefficient (Wildman–Crippen LogP) is 2.79. The number of amides is 1. The Kier molecular flexibility index (Phi) is 4.46. The number of thiazole rings is 1. The lowest BCUT2D eigenvalue weighted by atomic mass is 10.1. The van der Waals surface area contributed by atoms with Crippen LogP contribution < -0.4 is 11.1 Å². The molecule has 0 radical (unpaired) electrons. The summed E-state index contributed by atoms with van der Waals surface area (Å²) in [5.74, 6) is -0.668. The van der Waals surface area contributed by atoms with Gasteiger partial charge in [-0.2, -0.15) is 0 Å². The lowest BCUT2D eigenvalue weighted by molar-refractivity contribution is 0.0935. The van der Waals surface area contributed by atoms with Crippen molar-refractivity contribution in [2.45, 2.75) is 25.9 Å². The van der Waals surface area contributed by atoms with Crippen molar-refractivity contribution < 1.29 is 9.18 Å². The summed E-state index contributed by atoms with van der Waals surface area (Å²) in [6.45, 7) is 3.54. The smallest absolute Gasteiger partial charge is 0.271 e. The lowest BCUT2D eigenvalue weighted by Crippen LogP contribution is -2.27. The van der Waals surface area contributed by atoms with E-state index in [1.807, 2.05) is 6.92 Å². The van der Waals surface area contributed by atoms with Gasteiger partial charge >= 0.3 is 0 Å². The van der Waals surface area contributed by atoms with E-state index in [4.69, 9.17) is 5.73 Å². The fraction of sp³-hybridized carbons (Fsp3) is 0.286. The maximum absolute atomic E-state index is 13.6. The number of rotatable bonds is 4. The summed E-state index contributed by atoms with van der Waals surface area (Å²) in [7, 11) is 0. The number of benzene rings is 1. The first-order chi connectivity index (χ1) is 9.49. The van der Waals surface area contributed by atoms with Gasteiger partial charge in [-0.05, 0) is 19.9 Å². The molecule has 0 bridgehead atoms. The second kappa shape index (κ2) is 6.11. The summed E-state index contributed by atoms with van der Waals surface area (Å²) in [5.41, 5.74) is 6.46. The van der Waals surface area contributed by atoms with E-state index in [-0.39, 0.29) is 17.8 Å². The van der Waals surface area contributed by atoms with Crippen LogP contribution in [0.4, 0.5) is 4.39 Å². The monoisotopic (exact) mass is 293 g/mol. The van der Waals surface area contributed by atoms with Crippen molar-refractivity contribution >= 4 is 17.2 Å². The third kappa shape index (κ3) is 3.20. The van der Waals surface area contributed by atoms with Crippen molar-refractivity contribution in [3.05, 3.63) is 51.7 Å². The number of nitrogens with two attached hydrogens (primary N) is 1. The molecule has 1 amide bonds. The molecule has 2 atom stereocenters. The Morgan fingerprint density at radius 3 is 2.70 bits per heavy atom. The average Bonchev–Trinajstić information content (AvgIpc) is 2.88. The van der Waals surface area contributed by atoms with Gasteiger partial charge in [0.2, 0.25) is 0 Å². The number of aromatic nitrogens is 1. The van der Waals surface area contributed by atoms with Gasteiger partial charge in [-0.1, -0.05) is 18.2 Å². The topological polar surface area (TPSA) is 68.0 Å². The molecule has 2 unspecified atom stereocenters. The minimum absolute atomic E-state index is 0.203. The van der Waals surface area contributed by atoms with Gasteiger partial charge in [-0.25, -0.2) is 9.37 Å². The van der Waals surface area contributed by atoms with Crippen LogP contribution >= 0.6 is 11.3 Å². The van der Waals surface area contributed by atoms with Gasteiger partial charge in [-0.15, -0.1) is 11.3 Å². The van der Waals surface area contributed by atoms with Gasteiger partial charge in [0.05, 0.1) is 12.1 Å². The molecule has 1 heterocycles. The molecule has 0 spiro atoms. The van der Waals surface area contributed by atoms with Crippen LogP contribution in [0, 0.1) is 5.82 Å². The lowest BCUT2D eigenvalue weighted by Gasteiger charge is -2.14. The Hall–Kier alpha value is -1.79. The molecule has 0 aliphatic rings. The first kappa shape index (κ1) is 14.6. The third-order valence-electron chi connectivity index (χ3n) is 2.86. The van der Waals surface area contributed by atoms with Gasteiger partial charge in [0.1, 0.15) is 16.5 Å². The fourth-order valence-electron chi connectivity index (χ4n) is 1.78. The van der Waals surface area contributed by atoms with Gasteiger partial charge in [0.25, 0.3) is 5.91 Å². The van der Waals surface area contributed by atoms with Gasteiger partial charge in [0.15, 0.2) is 0 Å². The van der Waals surface area contributed by atoms with Crippen molar-refractivity contribution in [2.24, 2.45) is 5.73 Å². The van der Waals surface area contributed by atoms with E-state index >= 15 is 0 Å². The SMILES string of the molecule is CC(N)c1nc(C(=O)NC(C)c2ccccc2F)cs1. The molecule has 0 aliphatic carbocycles. The summed E-state index contributed by atoms with van der Waals surface area (Å²) in [5, 5.41) is 5.09. The van der Waals surface area contributed by atoms with Crippen LogP contribution in [0.2, 0.25) is 0 Å². The fourth-order valence-corrected chi connectivity index (χ4v) is 2.53. The summed E-state index contributed by atoms with van der Waals surface area (Å²) < 4.78 is 13.6. The minimum Gasteiger partial charge on any atom is -0.344 e. The molecule has 1 aromatic carbocycles. The molecule has 4 nitrogen and oxygen atoms in total. The molecular weight excluding hydrogens is 277 g/mol. The van der Waals surface area contributed by atoms with Crippen molar-refractivity contribution in [2.75, 3.05) is 0 Å². The Balaban J connectivity index is 2.09. The van der Waals surface area contributed by atoms with Crippen LogP contribution in [0.1, 0.15) is 47.0 Å². The number of hydrogen-bond acceptors (Lipinski definition) is 4. The Labute approximate surface area is 120 Å². The molecule has 1 aromatic heterocycles. The number of nitrogens with one attached hydrogen (secondary N) is 1. The Bertz CT molecular complexity index is 612. The summed E-state index contributed by atoms with van der Waals surface area (Å²) >= 11 is 1.34. The van der Waals surface area contributed by atoms with E-state index < -0.39 is 6.04 Å². The van der Waals surface area contributed by atoms with Gasteiger partial charge in [-0.3, -0.25) is 4.79 Å².